The van der Waals surface area contributed by atoms with Gasteiger partial charge in [0, 0.05) is 38.3 Å². The first kappa shape index (κ1) is 22.4. The third-order valence-electron chi connectivity index (χ3n) is 8.48. The molecule has 0 amide bonds. The van der Waals surface area contributed by atoms with Crippen molar-refractivity contribution in [2.24, 2.45) is 29.4 Å². The molecule has 4 bridgehead atoms. The van der Waals surface area contributed by atoms with Crippen molar-refractivity contribution in [3.63, 3.8) is 0 Å². The van der Waals surface area contributed by atoms with Crippen molar-refractivity contribution >= 4 is 11.7 Å². The first-order valence-electron chi connectivity index (χ1n) is 11.6. The zero-order chi connectivity index (χ0) is 23.6. The Morgan fingerprint density at radius 3 is 2.24 bits per heavy atom. The van der Waals surface area contributed by atoms with Gasteiger partial charge in [-0.3, -0.25) is 10.3 Å². The molecule has 1 aromatic rings. The summed E-state index contributed by atoms with van der Waals surface area (Å²) in [4.78, 5) is 7.89. The van der Waals surface area contributed by atoms with Gasteiger partial charge in [0.05, 0.1) is 17.2 Å². The predicted molar refractivity (Wildman–Crippen MR) is 115 cm³/mol. The fourth-order valence-electron chi connectivity index (χ4n) is 7.46. The summed E-state index contributed by atoms with van der Waals surface area (Å²) >= 11 is 0. The molecule has 0 radical (unpaired) electrons. The second kappa shape index (κ2) is 7.57. The number of aliphatic hydroxyl groups is 1. The lowest BCUT2D eigenvalue weighted by Crippen LogP contribution is -2.71. The van der Waals surface area contributed by atoms with Gasteiger partial charge in [-0.2, -0.15) is 18.4 Å². The van der Waals surface area contributed by atoms with Crippen LogP contribution in [0.4, 0.5) is 19.0 Å². The zero-order valence-electron chi connectivity index (χ0n) is 18.4. The van der Waals surface area contributed by atoms with Gasteiger partial charge in [-0.05, 0) is 62.0 Å². The van der Waals surface area contributed by atoms with E-state index in [0.29, 0.717) is 50.8 Å². The average molecular weight is 463 g/mol. The quantitative estimate of drug-likeness (QED) is 0.468. The minimum Gasteiger partial charge on any atom is -0.390 e. The topological polar surface area (TPSA) is 113 Å². The first-order chi connectivity index (χ1) is 15.6. The predicted octanol–water partition coefficient (Wildman–Crippen LogP) is 2.61. The molecule has 3 unspecified atom stereocenters. The third-order valence-corrected chi connectivity index (χ3v) is 8.48. The van der Waals surface area contributed by atoms with Gasteiger partial charge in [0.25, 0.3) is 0 Å². The van der Waals surface area contributed by atoms with E-state index in [0.717, 1.165) is 31.5 Å². The molecular formula is C23H29F3N6O. The molecule has 178 valence electrons. The fraction of sp³-hybridized carbons (Fsp3) is 0.696. The number of alkyl halides is 3. The Hall–Kier alpha value is -2.38. The summed E-state index contributed by atoms with van der Waals surface area (Å²) in [5.41, 5.74) is 3.50. The Balaban J connectivity index is 1.35. The van der Waals surface area contributed by atoms with E-state index in [2.05, 4.69) is 11.1 Å². The molecule has 2 heterocycles. The number of amidine groups is 1. The molecule has 4 saturated carbocycles. The maximum atomic E-state index is 12.8. The number of rotatable bonds is 4. The first-order valence-corrected chi connectivity index (χ1v) is 11.6. The van der Waals surface area contributed by atoms with Gasteiger partial charge in [-0.1, -0.05) is 0 Å². The highest BCUT2D eigenvalue weighted by atomic mass is 19.4. The molecule has 4 N–H and O–H groups in total. The summed E-state index contributed by atoms with van der Waals surface area (Å²) in [6.45, 7) is 1.87. The maximum absolute atomic E-state index is 12.8. The molecule has 1 aliphatic heterocycles. The van der Waals surface area contributed by atoms with Crippen LogP contribution in [-0.2, 0) is 6.18 Å². The standard InChI is InChI=1S/C23H29F3N6O/c24-23(25,26)17-1-2-18(30-12-17)31-3-5-32(6-4-31)22(13-27,20(28)29)19-15-7-14-8-16(19)11-21(33,9-14)10-15/h1-2,12,14-16,19,33H,3-11H2,(H3,28,29). The lowest BCUT2D eigenvalue weighted by Gasteiger charge is -2.62. The van der Waals surface area contributed by atoms with Crippen LogP contribution in [0.2, 0.25) is 0 Å². The maximum Gasteiger partial charge on any atom is 0.417 e. The van der Waals surface area contributed by atoms with Crippen LogP contribution in [0.3, 0.4) is 0 Å². The van der Waals surface area contributed by atoms with E-state index < -0.39 is 22.9 Å². The second-order valence-electron chi connectivity index (χ2n) is 10.4. The largest absolute Gasteiger partial charge is 0.417 e. The lowest BCUT2D eigenvalue weighted by atomic mass is 9.46. The average Bonchev–Trinajstić information content (AvgIpc) is 2.75. The number of aromatic nitrogens is 1. The lowest BCUT2D eigenvalue weighted by molar-refractivity contribution is -0.168. The normalized spacial score (nSPS) is 35.8. The summed E-state index contributed by atoms with van der Waals surface area (Å²) in [5.74, 6) is 1.04. The summed E-state index contributed by atoms with van der Waals surface area (Å²) in [6, 6.07) is 4.84. The number of nitrogens with zero attached hydrogens (tertiary/aromatic N) is 4. The van der Waals surface area contributed by atoms with Crippen molar-refractivity contribution in [3.05, 3.63) is 23.9 Å². The summed E-state index contributed by atoms with van der Waals surface area (Å²) < 4.78 is 38.5. The van der Waals surface area contributed by atoms with Crippen LogP contribution in [0, 0.1) is 40.4 Å². The molecule has 5 aliphatic rings. The number of nitrogens with two attached hydrogens (primary N) is 1. The molecule has 4 aliphatic carbocycles. The monoisotopic (exact) mass is 462 g/mol. The number of nitrogens with one attached hydrogen (secondary N) is 1. The number of hydrogen-bond donors (Lipinski definition) is 3. The highest BCUT2D eigenvalue weighted by molar-refractivity contribution is 5.91. The minimum atomic E-state index is -4.43. The molecule has 33 heavy (non-hydrogen) atoms. The van der Waals surface area contributed by atoms with Gasteiger partial charge in [0.2, 0.25) is 0 Å². The van der Waals surface area contributed by atoms with Crippen molar-refractivity contribution in [2.45, 2.75) is 49.4 Å². The van der Waals surface area contributed by atoms with Crippen LogP contribution in [0.25, 0.3) is 0 Å². The van der Waals surface area contributed by atoms with Gasteiger partial charge in [-0.25, -0.2) is 4.98 Å². The number of pyridine rings is 1. The number of hydrogen-bond acceptors (Lipinski definition) is 6. The Bertz CT molecular complexity index is 952. The van der Waals surface area contributed by atoms with E-state index in [4.69, 9.17) is 11.1 Å². The van der Waals surface area contributed by atoms with Crippen molar-refractivity contribution in [3.8, 4) is 6.07 Å². The van der Waals surface area contributed by atoms with Crippen LogP contribution in [0.5, 0.6) is 0 Å². The molecule has 0 spiro atoms. The van der Waals surface area contributed by atoms with Crippen molar-refractivity contribution in [1.29, 1.82) is 10.7 Å². The summed E-state index contributed by atoms with van der Waals surface area (Å²) in [7, 11) is 0. The van der Waals surface area contributed by atoms with Gasteiger partial charge in [0.1, 0.15) is 11.7 Å². The van der Waals surface area contributed by atoms with Crippen molar-refractivity contribution < 1.29 is 18.3 Å². The molecule has 0 aromatic carbocycles. The number of piperazine rings is 1. The Labute approximate surface area is 190 Å². The number of halogens is 3. The van der Waals surface area contributed by atoms with E-state index in [1.165, 1.54) is 6.07 Å². The van der Waals surface area contributed by atoms with Gasteiger partial charge < -0.3 is 15.7 Å². The van der Waals surface area contributed by atoms with E-state index >= 15 is 0 Å². The molecule has 1 aromatic heterocycles. The summed E-state index contributed by atoms with van der Waals surface area (Å²) in [6.07, 6.45) is 0.518. The van der Waals surface area contributed by atoms with Gasteiger partial charge in [-0.15, -0.1) is 0 Å². The van der Waals surface area contributed by atoms with Crippen LogP contribution < -0.4 is 10.6 Å². The Kier molecular flexibility index (Phi) is 5.14. The summed E-state index contributed by atoms with van der Waals surface area (Å²) in [5, 5.41) is 29.9. The molecule has 3 atom stereocenters. The minimum absolute atomic E-state index is 0.0902. The van der Waals surface area contributed by atoms with Crippen molar-refractivity contribution in [2.75, 3.05) is 31.1 Å². The molecule has 5 fully saturated rings. The van der Waals surface area contributed by atoms with Crippen LogP contribution >= 0.6 is 0 Å². The van der Waals surface area contributed by atoms with E-state index in [1.807, 2.05) is 9.80 Å². The SMILES string of the molecule is N#CC(C(=N)N)(C1C2CC3CC1CC(O)(C3)C2)N1CCN(c2ccc(C(F)(F)F)cn2)CC1. The van der Waals surface area contributed by atoms with Gasteiger partial charge >= 0.3 is 6.18 Å². The highest BCUT2D eigenvalue weighted by Gasteiger charge is 2.63. The van der Waals surface area contributed by atoms with Crippen molar-refractivity contribution in [1.82, 2.24) is 9.88 Å². The van der Waals surface area contributed by atoms with Crippen LogP contribution in [-0.4, -0.2) is 58.1 Å². The smallest absolute Gasteiger partial charge is 0.390 e. The van der Waals surface area contributed by atoms with Crippen LogP contribution in [0.15, 0.2) is 18.3 Å². The molecule has 1 saturated heterocycles. The fourth-order valence-corrected chi connectivity index (χ4v) is 7.46. The van der Waals surface area contributed by atoms with E-state index in [-0.39, 0.29) is 23.6 Å². The van der Waals surface area contributed by atoms with E-state index in [9.17, 15) is 23.5 Å². The molecule has 10 heteroatoms. The third kappa shape index (κ3) is 3.56. The molecule has 7 nitrogen and oxygen atoms in total. The Morgan fingerprint density at radius 1 is 1.15 bits per heavy atom. The Morgan fingerprint density at radius 2 is 1.79 bits per heavy atom. The highest BCUT2D eigenvalue weighted by Crippen LogP contribution is 2.61. The zero-order valence-corrected chi connectivity index (χ0v) is 18.4. The number of anilines is 1. The molecular weight excluding hydrogens is 433 g/mol. The number of nitriles is 1. The second-order valence-corrected chi connectivity index (χ2v) is 10.4. The van der Waals surface area contributed by atoms with E-state index in [1.54, 1.807) is 0 Å². The molecule has 6 rings (SSSR count). The van der Waals surface area contributed by atoms with Crippen LogP contribution in [0.1, 0.15) is 37.7 Å². The van der Waals surface area contributed by atoms with Gasteiger partial charge in [0.15, 0.2) is 5.54 Å².